The molecule has 0 spiro atoms. The molecule has 2 rings (SSSR count). The van der Waals surface area contributed by atoms with Crippen molar-refractivity contribution in [1.29, 1.82) is 0 Å². The summed E-state index contributed by atoms with van der Waals surface area (Å²) < 4.78 is 5.11. The van der Waals surface area contributed by atoms with E-state index in [0.29, 0.717) is 5.76 Å². The van der Waals surface area contributed by atoms with Crippen LogP contribution in [0.25, 0.3) is 0 Å². The van der Waals surface area contributed by atoms with E-state index in [2.05, 4.69) is 0 Å². The highest BCUT2D eigenvalue weighted by atomic mass is 16.4. The van der Waals surface area contributed by atoms with Crippen LogP contribution in [-0.4, -0.2) is 19.1 Å². The first-order valence-corrected chi connectivity index (χ1v) is 5.31. The highest BCUT2D eigenvalue weighted by Gasteiger charge is 2.18. The molecule has 1 aromatic rings. The number of aryl methyl sites for hydroxylation is 1. The van der Waals surface area contributed by atoms with Crippen molar-refractivity contribution in [2.24, 2.45) is 0 Å². The summed E-state index contributed by atoms with van der Waals surface area (Å²) >= 11 is 0. The molecule has 0 bridgehead atoms. The molecule has 0 radical (unpaired) electrons. The zero-order valence-corrected chi connectivity index (χ0v) is 8.84. The summed E-state index contributed by atoms with van der Waals surface area (Å²) in [6.07, 6.45) is 2.53. The highest BCUT2D eigenvalue weighted by molar-refractivity contribution is 5.82. The lowest BCUT2D eigenvalue weighted by atomic mass is 10.2. The van der Waals surface area contributed by atoms with Gasteiger partial charge in [-0.2, -0.15) is 0 Å². The largest absolute Gasteiger partial charge is 0.542 e. The molecule has 0 amide bonds. The molecule has 82 valence electrons. The minimum Gasteiger partial charge on any atom is -0.542 e. The van der Waals surface area contributed by atoms with E-state index in [9.17, 15) is 9.90 Å². The number of nitrogens with one attached hydrogen (secondary N) is 1. The average molecular weight is 209 g/mol. The number of rotatable bonds is 3. The molecule has 4 nitrogen and oxygen atoms in total. The SMILES string of the molecule is Cc1oc(C(=O)[O-])cc1C[NH+]1CCCC1. The summed E-state index contributed by atoms with van der Waals surface area (Å²) in [5.41, 5.74) is 0.992. The van der Waals surface area contributed by atoms with Gasteiger partial charge in [-0.15, -0.1) is 0 Å². The molecule has 0 aromatic carbocycles. The zero-order chi connectivity index (χ0) is 10.8. The van der Waals surface area contributed by atoms with E-state index < -0.39 is 5.97 Å². The quantitative estimate of drug-likeness (QED) is 0.704. The Morgan fingerprint density at radius 1 is 1.53 bits per heavy atom. The molecule has 1 N–H and O–H groups in total. The summed E-state index contributed by atoms with van der Waals surface area (Å²) in [5.74, 6) is -0.588. The molecule has 0 aliphatic carbocycles. The van der Waals surface area contributed by atoms with Gasteiger partial charge in [0.05, 0.1) is 13.1 Å². The Kier molecular flexibility index (Phi) is 2.77. The number of quaternary nitrogens is 1. The fourth-order valence-electron chi connectivity index (χ4n) is 2.12. The predicted molar refractivity (Wildman–Crippen MR) is 51.4 cm³/mol. The van der Waals surface area contributed by atoms with Gasteiger partial charge in [0.15, 0.2) is 0 Å². The van der Waals surface area contributed by atoms with Crippen LogP contribution in [-0.2, 0) is 6.54 Å². The van der Waals surface area contributed by atoms with Crippen molar-refractivity contribution in [1.82, 2.24) is 0 Å². The van der Waals surface area contributed by atoms with Crippen LogP contribution in [0, 0.1) is 6.92 Å². The van der Waals surface area contributed by atoms with Crippen LogP contribution in [0.15, 0.2) is 10.5 Å². The number of hydrogen-bond donors (Lipinski definition) is 1. The smallest absolute Gasteiger partial charge is 0.150 e. The highest BCUT2D eigenvalue weighted by Crippen LogP contribution is 2.13. The summed E-state index contributed by atoms with van der Waals surface area (Å²) in [6.45, 7) is 5.01. The third-order valence-electron chi connectivity index (χ3n) is 2.97. The van der Waals surface area contributed by atoms with Crippen LogP contribution in [0.3, 0.4) is 0 Å². The Labute approximate surface area is 88.5 Å². The van der Waals surface area contributed by atoms with Gasteiger partial charge in [-0.25, -0.2) is 0 Å². The number of aromatic carboxylic acids is 1. The van der Waals surface area contributed by atoms with E-state index in [0.717, 1.165) is 12.1 Å². The second-order valence-electron chi connectivity index (χ2n) is 4.11. The number of carboxylic acid groups (broad SMARTS) is 1. The van der Waals surface area contributed by atoms with Crippen molar-refractivity contribution in [2.45, 2.75) is 26.3 Å². The van der Waals surface area contributed by atoms with Crippen molar-refractivity contribution >= 4 is 5.97 Å². The van der Waals surface area contributed by atoms with Crippen molar-refractivity contribution in [3.8, 4) is 0 Å². The number of hydrogen-bond acceptors (Lipinski definition) is 3. The Hall–Kier alpha value is -1.29. The Bertz CT molecular complexity index is 364. The molecular weight excluding hydrogens is 194 g/mol. The molecule has 1 saturated heterocycles. The summed E-state index contributed by atoms with van der Waals surface area (Å²) in [5, 5.41) is 10.6. The zero-order valence-electron chi connectivity index (χ0n) is 8.84. The predicted octanol–water partition coefficient (Wildman–Crippen LogP) is -0.870. The third kappa shape index (κ3) is 2.21. The van der Waals surface area contributed by atoms with Gasteiger partial charge in [0.1, 0.15) is 24.0 Å². The van der Waals surface area contributed by atoms with E-state index in [-0.39, 0.29) is 5.76 Å². The second kappa shape index (κ2) is 4.06. The number of carbonyl (C=O) groups excluding carboxylic acids is 1. The fraction of sp³-hybridized carbons (Fsp3) is 0.545. The normalized spacial score (nSPS) is 17.1. The maximum absolute atomic E-state index is 10.6. The summed E-state index contributed by atoms with van der Waals surface area (Å²) in [4.78, 5) is 12.1. The van der Waals surface area contributed by atoms with Gasteiger partial charge in [-0.05, 0) is 13.0 Å². The second-order valence-corrected chi connectivity index (χ2v) is 4.11. The average Bonchev–Trinajstić information content (AvgIpc) is 2.77. The first-order chi connectivity index (χ1) is 7.16. The van der Waals surface area contributed by atoms with Crippen LogP contribution in [0.1, 0.15) is 34.7 Å². The van der Waals surface area contributed by atoms with E-state index >= 15 is 0 Å². The molecule has 0 unspecified atom stereocenters. The number of carbonyl (C=O) groups is 1. The fourth-order valence-corrected chi connectivity index (χ4v) is 2.12. The molecule has 1 aliphatic heterocycles. The third-order valence-corrected chi connectivity index (χ3v) is 2.97. The monoisotopic (exact) mass is 209 g/mol. The molecule has 0 saturated carbocycles. The molecule has 4 heteroatoms. The molecular formula is C11H15NO3. The molecule has 1 fully saturated rings. The lowest BCUT2D eigenvalue weighted by Crippen LogP contribution is -3.08. The number of furan rings is 1. The van der Waals surface area contributed by atoms with E-state index in [1.165, 1.54) is 30.8 Å². The molecule has 1 aromatic heterocycles. The van der Waals surface area contributed by atoms with Gasteiger partial charge < -0.3 is 19.2 Å². The van der Waals surface area contributed by atoms with Gasteiger partial charge in [0, 0.05) is 18.4 Å². The van der Waals surface area contributed by atoms with Crippen molar-refractivity contribution < 1.29 is 19.2 Å². The number of likely N-dealkylation sites (tertiary alicyclic amines) is 1. The molecule has 15 heavy (non-hydrogen) atoms. The maximum atomic E-state index is 10.6. The lowest BCUT2D eigenvalue weighted by molar-refractivity contribution is -0.901. The maximum Gasteiger partial charge on any atom is 0.150 e. The minimum absolute atomic E-state index is 0.0545. The van der Waals surface area contributed by atoms with Crippen molar-refractivity contribution in [2.75, 3.05) is 13.1 Å². The minimum atomic E-state index is -1.24. The van der Waals surface area contributed by atoms with Gasteiger partial charge in [0.2, 0.25) is 0 Å². The first kappa shape index (κ1) is 10.2. The van der Waals surface area contributed by atoms with Crippen molar-refractivity contribution in [3.05, 3.63) is 23.2 Å². The van der Waals surface area contributed by atoms with Crippen LogP contribution < -0.4 is 10.0 Å². The Morgan fingerprint density at radius 3 is 2.73 bits per heavy atom. The Morgan fingerprint density at radius 2 is 2.20 bits per heavy atom. The Balaban J connectivity index is 2.10. The van der Waals surface area contributed by atoms with Crippen LogP contribution in [0.5, 0.6) is 0 Å². The van der Waals surface area contributed by atoms with E-state index in [1.807, 2.05) is 0 Å². The lowest BCUT2D eigenvalue weighted by Gasteiger charge is -2.10. The topological polar surface area (TPSA) is 57.7 Å². The van der Waals surface area contributed by atoms with E-state index in [4.69, 9.17) is 4.42 Å². The van der Waals surface area contributed by atoms with Crippen LogP contribution in [0.4, 0.5) is 0 Å². The molecule has 0 atom stereocenters. The first-order valence-electron chi connectivity index (χ1n) is 5.31. The van der Waals surface area contributed by atoms with Gasteiger partial charge in [-0.3, -0.25) is 0 Å². The van der Waals surface area contributed by atoms with Gasteiger partial charge >= 0.3 is 0 Å². The molecule has 1 aliphatic rings. The van der Waals surface area contributed by atoms with E-state index in [1.54, 1.807) is 13.0 Å². The molecule has 2 heterocycles. The van der Waals surface area contributed by atoms with Crippen molar-refractivity contribution in [3.63, 3.8) is 0 Å². The standard InChI is InChI=1S/C11H15NO3/c1-8-9(6-10(15-8)11(13)14)7-12-4-2-3-5-12/h6H,2-5,7H2,1H3,(H,13,14). The van der Waals surface area contributed by atoms with Crippen LogP contribution in [0.2, 0.25) is 0 Å². The number of carboxylic acids is 1. The summed E-state index contributed by atoms with van der Waals surface area (Å²) in [6, 6.07) is 1.59. The van der Waals surface area contributed by atoms with Crippen LogP contribution >= 0.6 is 0 Å². The van der Waals surface area contributed by atoms with Gasteiger partial charge in [0.25, 0.3) is 0 Å². The summed E-state index contributed by atoms with van der Waals surface area (Å²) in [7, 11) is 0. The van der Waals surface area contributed by atoms with Gasteiger partial charge in [-0.1, -0.05) is 0 Å².